The standard InChI is InChI=1S/C17H21N3OS/c1-11-3-5-13(6-4-11)15-12(2)22-17(19-15)20-16(21)14-7-9-18-10-8-14/h3-6,14,18H,7-10H2,1-2H3,(H,19,20,21). The highest BCUT2D eigenvalue weighted by atomic mass is 32.1. The van der Waals surface area contributed by atoms with E-state index in [-0.39, 0.29) is 11.8 Å². The van der Waals surface area contributed by atoms with Gasteiger partial charge in [-0.05, 0) is 39.8 Å². The number of aromatic nitrogens is 1. The van der Waals surface area contributed by atoms with Gasteiger partial charge in [-0.3, -0.25) is 4.79 Å². The molecule has 0 aliphatic carbocycles. The zero-order valence-corrected chi connectivity index (χ0v) is 13.8. The molecule has 2 heterocycles. The summed E-state index contributed by atoms with van der Waals surface area (Å²) < 4.78 is 0. The van der Waals surface area contributed by atoms with Crippen LogP contribution >= 0.6 is 11.3 Å². The molecular formula is C17H21N3OS. The predicted molar refractivity (Wildman–Crippen MR) is 91.2 cm³/mol. The largest absolute Gasteiger partial charge is 0.317 e. The number of benzene rings is 1. The van der Waals surface area contributed by atoms with Crippen molar-refractivity contribution in [1.82, 2.24) is 10.3 Å². The molecule has 0 saturated carbocycles. The molecule has 1 amide bonds. The summed E-state index contributed by atoms with van der Waals surface area (Å²) in [5, 5.41) is 6.98. The van der Waals surface area contributed by atoms with Crippen LogP contribution in [0.5, 0.6) is 0 Å². The molecule has 5 heteroatoms. The molecule has 1 aromatic heterocycles. The molecule has 1 fully saturated rings. The highest BCUT2D eigenvalue weighted by molar-refractivity contribution is 7.16. The minimum Gasteiger partial charge on any atom is -0.317 e. The van der Waals surface area contributed by atoms with E-state index in [1.807, 2.05) is 6.92 Å². The minimum atomic E-state index is 0.103. The Bertz CT molecular complexity index is 657. The summed E-state index contributed by atoms with van der Waals surface area (Å²) in [6, 6.07) is 8.33. The Morgan fingerprint density at radius 2 is 1.91 bits per heavy atom. The number of nitrogens with zero attached hydrogens (tertiary/aromatic N) is 1. The van der Waals surface area contributed by atoms with Crippen molar-refractivity contribution < 1.29 is 4.79 Å². The summed E-state index contributed by atoms with van der Waals surface area (Å²) in [5.74, 6) is 0.207. The lowest BCUT2D eigenvalue weighted by molar-refractivity contribution is -0.120. The van der Waals surface area contributed by atoms with Crippen LogP contribution in [-0.4, -0.2) is 24.0 Å². The number of piperidine rings is 1. The van der Waals surface area contributed by atoms with Crippen molar-refractivity contribution in [1.29, 1.82) is 0 Å². The van der Waals surface area contributed by atoms with Crippen molar-refractivity contribution in [3.05, 3.63) is 34.7 Å². The van der Waals surface area contributed by atoms with Gasteiger partial charge in [-0.25, -0.2) is 4.98 Å². The van der Waals surface area contributed by atoms with E-state index in [0.29, 0.717) is 5.13 Å². The lowest BCUT2D eigenvalue weighted by atomic mass is 9.97. The number of anilines is 1. The maximum absolute atomic E-state index is 12.3. The fourth-order valence-electron chi connectivity index (χ4n) is 2.72. The number of carbonyl (C=O) groups excluding carboxylic acids is 1. The van der Waals surface area contributed by atoms with E-state index in [9.17, 15) is 4.79 Å². The maximum Gasteiger partial charge on any atom is 0.229 e. The molecule has 0 bridgehead atoms. The number of thiazole rings is 1. The van der Waals surface area contributed by atoms with Gasteiger partial charge in [0.25, 0.3) is 0 Å². The Kier molecular flexibility index (Phi) is 4.55. The van der Waals surface area contributed by atoms with E-state index in [1.165, 1.54) is 5.56 Å². The second-order valence-electron chi connectivity index (χ2n) is 5.80. The van der Waals surface area contributed by atoms with Crippen LogP contribution in [0.3, 0.4) is 0 Å². The number of carbonyl (C=O) groups is 1. The van der Waals surface area contributed by atoms with E-state index in [0.717, 1.165) is 42.1 Å². The quantitative estimate of drug-likeness (QED) is 0.913. The average Bonchev–Trinajstić information content (AvgIpc) is 2.89. The third kappa shape index (κ3) is 3.36. The van der Waals surface area contributed by atoms with Gasteiger partial charge in [0.2, 0.25) is 5.91 Å². The first kappa shape index (κ1) is 15.2. The van der Waals surface area contributed by atoms with Gasteiger partial charge in [0.05, 0.1) is 5.69 Å². The maximum atomic E-state index is 12.3. The van der Waals surface area contributed by atoms with E-state index in [1.54, 1.807) is 11.3 Å². The molecule has 1 aliphatic rings. The average molecular weight is 315 g/mol. The number of aryl methyl sites for hydroxylation is 2. The molecule has 1 aliphatic heterocycles. The van der Waals surface area contributed by atoms with Crippen LogP contribution in [0.4, 0.5) is 5.13 Å². The van der Waals surface area contributed by atoms with Gasteiger partial charge < -0.3 is 10.6 Å². The van der Waals surface area contributed by atoms with Crippen molar-refractivity contribution in [3.63, 3.8) is 0 Å². The van der Waals surface area contributed by atoms with Crippen LogP contribution in [-0.2, 0) is 4.79 Å². The van der Waals surface area contributed by atoms with Gasteiger partial charge >= 0.3 is 0 Å². The normalized spacial score (nSPS) is 15.7. The molecule has 4 nitrogen and oxygen atoms in total. The van der Waals surface area contributed by atoms with Gasteiger partial charge in [-0.2, -0.15) is 0 Å². The molecule has 2 aromatic rings. The molecule has 2 N–H and O–H groups in total. The Morgan fingerprint density at radius 1 is 1.23 bits per heavy atom. The summed E-state index contributed by atoms with van der Waals surface area (Å²) >= 11 is 1.55. The number of amides is 1. The Balaban J connectivity index is 1.74. The van der Waals surface area contributed by atoms with Crippen LogP contribution in [0.25, 0.3) is 11.3 Å². The smallest absolute Gasteiger partial charge is 0.229 e. The Labute approximate surface area is 135 Å². The van der Waals surface area contributed by atoms with Gasteiger partial charge in [-0.15, -0.1) is 11.3 Å². The molecule has 0 atom stereocenters. The number of nitrogens with one attached hydrogen (secondary N) is 2. The summed E-state index contributed by atoms with van der Waals surface area (Å²) in [4.78, 5) is 18.0. The van der Waals surface area contributed by atoms with Crippen LogP contribution < -0.4 is 10.6 Å². The molecule has 1 aromatic carbocycles. The third-order valence-corrected chi connectivity index (χ3v) is 4.95. The lowest BCUT2D eigenvalue weighted by Crippen LogP contribution is -2.34. The van der Waals surface area contributed by atoms with E-state index < -0.39 is 0 Å². The lowest BCUT2D eigenvalue weighted by Gasteiger charge is -2.21. The first-order valence-electron chi connectivity index (χ1n) is 7.69. The Hall–Kier alpha value is -1.72. The monoisotopic (exact) mass is 315 g/mol. The first-order valence-corrected chi connectivity index (χ1v) is 8.51. The van der Waals surface area contributed by atoms with Crippen LogP contribution in [0.15, 0.2) is 24.3 Å². The number of hydrogen-bond acceptors (Lipinski definition) is 4. The highest BCUT2D eigenvalue weighted by Crippen LogP contribution is 2.31. The zero-order valence-electron chi connectivity index (χ0n) is 13.0. The molecule has 22 heavy (non-hydrogen) atoms. The molecule has 0 spiro atoms. The molecular weight excluding hydrogens is 294 g/mol. The molecule has 0 radical (unpaired) electrons. The van der Waals surface area contributed by atoms with Crippen molar-refractivity contribution in [2.75, 3.05) is 18.4 Å². The van der Waals surface area contributed by atoms with E-state index >= 15 is 0 Å². The van der Waals surface area contributed by atoms with Gasteiger partial charge in [-0.1, -0.05) is 29.8 Å². The van der Waals surface area contributed by atoms with Gasteiger partial charge in [0.1, 0.15) is 0 Å². The van der Waals surface area contributed by atoms with Gasteiger partial charge in [0.15, 0.2) is 5.13 Å². The van der Waals surface area contributed by atoms with E-state index in [2.05, 4.69) is 46.8 Å². The first-order chi connectivity index (χ1) is 10.6. The van der Waals surface area contributed by atoms with Crippen LogP contribution in [0.2, 0.25) is 0 Å². The summed E-state index contributed by atoms with van der Waals surface area (Å²) in [5.41, 5.74) is 3.29. The van der Waals surface area contributed by atoms with Crippen molar-refractivity contribution >= 4 is 22.4 Å². The fourth-order valence-corrected chi connectivity index (χ4v) is 3.56. The van der Waals surface area contributed by atoms with Crippen molar-refractivity contribution in [3.8, 4) is 11.3 Å². The van der Waals surface area contributed by atoms with Crippen molar-refractivity contribution in [2.45, 2.75) is 26.7 Å². The fraction of sp³-hybridized carbons (Fsp3) is 0.412. The predicted octanol–water partition coefficient (Wildman–Crippen LogP) is 3.37. The SMILES string of the molecule is Cc1ccc(-c2nc(NC(=O)C3CCNCC3)sc2C)cc1. The summed E-state index contributed by atoms with van der Waals surface area (Å²) in [7, 11) is 0. The Morgan fingerprint density at radius 3 is 2.59 bits per heavy atom. The summed E-state index contributed by atoms with van der Waals surface area (Å²) in [6.45, 7) is 5.96. The van der Waals surface area contributed by atoms with Crippen LogP contribution in [0, 0.1) is 19.8 Å². The third-order valence-electron chi connectivity index (χ3n) is 4.06. The van der Waals surface area contributed by atoms with E-state index in [4.69, 9.17) is 0 Å². The number of rotatable bonds is 3. The van der Waals surface area contributed by atoms with Crippen LogP contribution in [0.1, 0.15) is 23.3 Å². The molecule has 116 valence electrons. The highest BCUT2D eigenvalue weighted by Gasteiger charge is 2.22. The molecule has 1 saturated heterocycles. The van der Waals surface area contributed by atoms with Crippen molar-refractivity contribution in [2.24, 2.45) is 5.92 Å². The topological polar surface area (TPSA) is 54.0 Å². The second-order valence-corrected chi connectivity index (χ2v) is 7.01. The molecule has 0 unspecified atom stereocenters. The minimum absolute atomic E-state index is 0.103. The second kappa shape index (κ2) is 6.58. The summed E-state index contributed by atoms with van der Waals surface area (Å²) in [6.07, 6.45) is 1.81. The molecule has 3 rings (SSSR count). The zero-order chi connectivity index (χ0) is 15.5. The van der Waals surface area contributed by atoms with Gasteiger partial charge in [0, 0.05) is 16.4 Å². The number of hydrogen-bond donors (Lipinski definition) is 2.